The van der Waals surface area contributed by atoms with Gasteiger partial charge in [0.25, 0.3) is 0 Å². The van der Waals surface area contributed by atoms with Crippen molar-refractivity contribution in [2.45, 2.75) is 0 Å². The van der Waals surface area contributed by atoms with Crippen LogP contribution in [-0.2, 0) is 0 Å². The lowest BCUT2D eigenvalue weighted by atomic mass is 10.5. The molecule has 2 aromatic heterocycles. The normalized spacial score (nSPS) is 10.1. The van der Waals surface area contributed by atoms with Crippen molar-refractivity contribution < 1.29 is 0 Å². The molecule has 0 aromatic carbocycles. The molecular weight excluding hydrogens is 182 g/mol. The lowest BCUT2D eigenvalue weighted by Crippen LogP contribution is -2.11. The molecule has 14 heavy (non-hydrogen) atoms. The Bertz CT molecular complexity index is 418. The number of hydrazine groups is 1. The number of nitrogens with zero attached hydrogens (tertiary/aromatic N) is 4. The van der Waals surface area contributed by atoms with Gasteiger partial charge in [-0.25, -0.2) is 5.84 Å². The van der Waals surface area contributed by atoms with Crippen molar-refractivity contribution in [3.05, 3.63) is 24.4 Å². The second kappa shape index (κ2) is 3.30. The van der Waals surface area contributed by atoms with E-state index in [9.17, 15) is 0 Å². The lowest BCUT2D eigenvalue weighted by molar-refractivity contribution is 0.823. The summed E-state index contributed by atoms with van der Waals surface area (Å²) in [5, 5.41) is 11.7. The van der Waals surface area contributed by atoms with Crippen LogP contribution in [0.1, 0.15) is 0 Å². The molecule has 7 heteroatoms. The predicted octanol–water partition coefficient (Wildman–Crippen LogP) is -0.470. The Balaban J connectivity index is 2.39. The zero-order chi connectivity index (χ0) is 9.97. The lowest BCUT2D eigenvalue weighted by Gasteiger charge is -2.02. The molecule has 7 nitrogen and oxygen atoms in total. The van der Waals surface area contributed by atoms with Crippen LogP contribution >= 0.6 is 0 Å². The van der Waals surface area contributed by atoms with Crippen molar-refractivity contribution in [3.8, 4) is 5.82 Å². The molecule has 0 saturated heterocycles. The molecule has 0 aliphatic heterocycles. The van der Waals surface area contributed by atoms with E-state index in [0.29, 0.717) is 17.5 Å². The van der Waals surface area contributed by atoms with Crippen LogP contribution < -0.4 is 17.0 Å². The van der Waals surface area contributed by atoms with Crippen molar-refractivity contribution in [2.24, 2.45) is 5.84 Å². The molecule has 2 rings (SSSR count). The number of aromatic nitrogens is 4. The van der Waals surface area contributed by atoms with Gasteiger partial charge >= 0.3 is 0 Å². The van der Waals surface area contributed by atoms with E-state index in [1.807, 2.05) is 0 Å². The van der Waals surface area contributed by atoms with E-state index < -0.39 is 0 Å². The summed E-state index contributed by atoms with van der Waals surface area (Å²) < 4.78 is 1.48. The predicted molar refractivity (Wildman–Crippen MR) is 51.4 cm³/mol. The summed E-state index contributed by atoms with van der Waals surface area (Å²) in [6.45, 7) is 0. The minimum Gasteiger partial charge on any atom is -0.384 e. The first-order valence-corrected chi connectivity index (χ1v) is 3.91. The molecule has 0 aliphatic rings. The zero-order valence-corrected chi connectivity index (χ0v) is 7.25. The van der Waals surface area contributed by atoms with Gasteiger partial charge in [0.1, 0.15) is 5.82 Å². The summed E-state index contributed by atoms with van der Waals surface area (Å²) in [5.41, 5.74) is 8.02. The second-order valence-electron chi connectivity index (χ2n) is 2.59. The fraction of sp³-hybridized carbons (Fsp3) is 0. The van der Waals surface area contributed by atoms with Gasteiger partial charge in [0.2, 0.25) is 0 Å². The van der Waals surface area contributed by atoms with E-state index in [-0.39, 0.29) is 0 Å². The summed E-state index contributed by atoms with van der Waals surface area (Å²) >= 11 is 0. The topological polar surface area (TPSA) is 108 Å². The van der Waals surface area contributed by atoms with Gasteiger partial charge in [-0.1, -0.05) is 0 Å². The Hall–Kier alpha value is -2.15. The van der Waals surface area contributed by atoms with E-state index in [1.165, 1.54) is 4.68 Å². The first kappa shape index (κ1) is 8.45. The molecule has 0 radical (unpaired) electrons. The highest BCUT2D eigenvalue weighted by Crippen LogP contribution is 2.09. The van der Waals surface area contributed by atoms with E-state index in [4.69, 9.17) is 11.6 Å². The number of nitrogens with one attached hydrogen (secondary N) is 1. The van der Waals surface area contributed by atoms with Crippen molar-refractivity contribution in [2.75, 3.05) is 11.2 Å². The summed E-state index contributed by atoms with van der Waals surface area (Å²) in [4.78, 5) is 0. The fourth-order valence-corrected chi connectivity index (χ4v) is 1.02. The maximum absolute atomic E-state index is 5.64. The van der Waals surface area contributed by atoms with Crippen LogP contribution in [0, 0.1) is 0 Å². The molecular formula is C7H9N7. The van der Waals surface area contributed by atoms with Gasteiger partial charge in [0, 0.05) is 6.07 Å². The molecule has 0 bridgehead atoms. The highest BCUT2D eigenvalue weighted by Gasteiger charge is 2.02. The van der Waals surface area contributed by atoms with Crippen molar-refractivity contribution in [1.29, 1.82) is 0 Å². The largest absolute Gasteiger partial charge is 0.384 e. The third-order valence-electron chi connectivity index (χ3n) is 1.69. The second-order valence-corrected chi connectivity index (χ2v) is 2.59. The van der Waals surface area contributed by atoms with Gasteiger partial charge in [-0.3, -0.25) is 0 Å². The van der Waals surface area contributed by atoms with Crippen LogP contribution in [0.2, 0.25) is 0 Å². The summed E-state index contributed by atoms with van der Waals surface area (Å²) in [5.74, 6) is 6.69. The Kier molecular flexibility index (Phi) is 1.99. The van der Waals surface area contributed by atoms with Gasteiger partial charge in [-0.05, 0) is 12.1 Å². The SMILES string of the molecule is NNc1ccc(-n2nccc2N)nn1. The van der Waals surface area contributed by atoms with Crippen LogP contribution in [-0.4, -0.2) is 20.0 Å². The molecule has 0 fully saturated rings. The number of hydrogen-bond acceptors (Lipinski definition) is 6. The minimum atomic E-state index is 0.486. The van der Waals surface area contributed by atoms with E-state index in [0.717, 1.165) is 0 Å². The smallest absolute Gasteiger partial charge is 0.178 e. The maximum Gasteiger partial charge on any atom is 0.178 e. The number of anilines is 2. The third-order valence-corrected chi connectivity index (χ3v) is 1.69. The Morgan fingerprint density at radius 3 is 2.57 bits per heavy atom. The van der Waals surface area contributed by atoms with Gasteiger partial charge in [0.05, 0.1) is 6.20 Å². The Labute approximate surface area is 79.7 Å². The summed E-state index contributed by atoms with van der Waals surface area (Å²) in [6.07, 6.45) is 1.59. The number of nitrogens with two attached hydrogens (primary N) is 2. The monoisotopic (exact) mass is 191 g/mol. The average molecular weight is 191 g/mol. The first-order valence-electron chi connectivity index (χ1n) is 3.91. The van der Waals surface area contributed by atoms with Crippen LogP contribution in [0.3, 0.4) is 0 Å². The molecule has 2 aromatic rings. The number of rotatable bonds is 2. The highest BCUT2D eigenvalue weighted by molar-refractivity contribution is 5.39. The molecule has 0 amide bonds. The van der Waals surface area contributed by atoms with Crippen LogP contribution in [0.5, 0.6) is 0 Å². The van der Waals surface area contributed by atoms with E-state index in [1.54, 1.807) is 24.4 Å². The van der Waals surface area contributed by atoms with Crippen molar-refractivity contribution in [3.63, 3.8) is 0 Å². The zero-order valence-electron chi connectivity index (χ0n) is 7.25. The first-order chi connectivity index (χ1) is 6.81. The molecule has 0 spiro atoms. The standard InChI is InChI=1S/C7H9N7/c8-5-3-4-10-14(5)7-2-1-6(11-9)12-13-7/h1-4H,8-9H2,(H,11,12). The summed E-state index contributed by atoms with van der Waals surface area (Å²) in [7, 11) is 0. The summed E-state index contributed by atoms with van der Waals surface area (Å²) in [6, 6.07) is 5.08. The Morgan fingerprint density at radius 1 is 1.21 bits per heavy atom. The molecule has 0 aliphatic carbocycles. The van der Waals surface area contributed by atoms with Crippen LogP contribution in [0.4, 0.5) is 11.6 Å². The van der Waals surface area contributed by atoms with Crippen LogP contribution in [0.25, 0.3) is 5.82 Å². The van der Waals surface area contributed by atoms with Gasteiger partial charge in [-0.2, -0.15) is 9.78 Å². The number of hydrogen-bond donors (Lipinski definition) is 3. The van der Waals surface area contributed by atoms with E-state index in [2.05, 4.69) is 20.7 Å². The van der Waals surface area contributed by atoms with Crippen LogP contribution in [0.15, 0.2) is 24.4 Å². The average Bonchev–Trinajstić information content (AvgIpc) is 2.65. The van der Waals surface area contributed by atoms with E-state index >= 15 is 0 Å². The van der Waals surface area contributed by atoms with Crippen molar-refractivity contribution >= 4 is 11.6 Å². The third kappa shape index (κ3) is 1.36. The van der Waals surface area contributed by atoms with Gasteiger partial charge in [-0.15, -0.1) is 10.2 Å². The molecule has 0 unspecified atom stereocenters. The maximum atomic E-state index is 5.64. The minimum absolute atomic E-state index is 0.486. The Morgan fingerprint density at radius 2 is 2.07 bits per heavy atom. The molecule has 72 valence electrons. The highest BCUT2D eigenvalue weighted by atomic mass is 15.4. The quantitative estimate of drug-likeness (QED) is 0.437. The van der Waals surface area contributed by atoms with Gasteiger partial charge < -0.3 is 11.2 Å². The molecule has 5 N–H and O–H groups in total. The fourth-order valence-electron chi connectivity index (χ4n) is 1.02. The van der Waals surface area contributed by atoms with Crippen molar-refractivity contribution in [1.82, 2.24) is 20.0 Å². The molecule has 0 atom stereocenters. The molecule has 2 heterocycles. The van der Waals surface area contributed by atoms with Gasteiger partial charge in [0.15, 0.2) is 11.6 Å². The number of nitrogen functional groups attached to an aromatic ring is 2. The molecule has 0 saturated carbocycles.